The van der Waals surface area contributed by atoms with Gasteiger partial charge in [0.05, 0.1) is 12.7 Å². The van der Waals surface area contributed by atoms with Gasteiger partial charge in [-0.25, -0.2) is 0 Å². The highest BCUT2D eigenvalue weighted by atomic mass is 35.5. The fourth-order valence-electron chi connectivity index (χ4n) is 2.14. The topological polar surface area (TPSA) is 64.6 Å². The Labute approximate surface area is 145 Å². The third kappa shape index (κ3) is 4.73. The van der Waals surface area contributed by atoms with E-state index < -0.39 is 0 Å². The molecule has 0 aromatic heterocycles. The van der Waals surface area contributed by atoms with Gasteiger partial charge in [0.1, 0.15) is 11.5 Å². The van der Waals surface area contributed by atoms with Crippen LogP contribution in [0.2, 0.25) is 5.02 Å². The molecule has 0 aliphatic carbocycles. The molecule has 0 atom stereocenters. The van der Waals surface area contributed by atoms with Gasteiger partial charge in [-0.15, -0.1) is 0 Å². The van der Waals surface area contributed by atoms with Crippen molar-refractivity contribution < 1.29 is 19.1 Å². The number of nitrogens with one attached hydrogen (secondary N) is 1. The molecule has 0 bridgehead atoms. The Morgan fingerprint density at radius 2 is 1.88 bits per heavy atom. The summed E-state index contributed by atoms with van der Waals surface area (Å²) in [6, 6.07) is 12.1. The van der Waals surface area contributed by atoms with E-state index in [0.717, 1.165) is 5.56 Å². The molecule has 6 heteroatoms. The molecule has 5 nitrogen and oxygen atoms in total. The lowest BCUT2D eigenvalue weighted by Crippen LogP contribution is -2.28. The van der Waals surface area contributed by atoms with Gasteiger partial charge >= 0.3 is 0 Å². The van der Waals surface area contributed by atoms with Crippen LogP contribution in [0.1, 0.15) is 22.8 Å². The lowest BCUT2D eigenvalue weighted by atomic mass is 10.1. The first-order valence-electron chi connectivity index (χ1n) is 7.33. The second kappa shape index (κ2) is 8.36. The van der Waals surface area contributed by atoms with Crippen LogP contribution < -0.4 is 14.8 Å². The average molecular weight is 348 g/mol. The molecular weight excluding hydrogens is 330 g/mol. The van der Waals surface area contributed by atoms with Crippen LogP contribution in [0, 0.1) is 0 Å². The van der Waals surface area contributed by atoms with Gasteiger partial charge < -0.3 is 14.8 Å². The molecule has 0 spiro atoms. The van der Waals surface area contributed by atoms with Crippen molar-refractivity contribution in [3.8, 4) is 11.5 Å². The maximum atomic E-state index is 11.9. The number of carbonyl (C=O) groups excluding carboxylic acids is 2. The van der Waals surface area contributed by atoms with Crippen molar-refractivity contribution in [2.45, 2.75) is 13.5 Å². The van der Waals surface area contributed by atoms with Crippen LogP contribution >= 0.6 is 11.6 Å². The van der Waals surface area contributed by atoms with Crippen LogP contribution in [0.4, 0.5) is 0 Å². The molecule has 2 aromatic rings. The maximum Gasteiger partial charge on any atom is 0.258 e. The highest BCUT2D eigenvalue weighted by molar-refractivity contribution is 6.31. The quantitative estimate of drug-likeness (QED) is 0.781. The largest absolute Gasteiger partial charge is 0.496 e. The fourth-order valence-corrected chi connectivity index (χ4v) is 2.31. The molecule has 0 unspecified atom stereocenters. The summed E-state index contributed by atoms with van der Waals surface area (Å²) in [6.07, 6.45) is 0. The van der Waals surface area contributed by atoms with Gasteiger partial charge in [-0.2, -0.15) is 0 Å². The Morgan fingerprint density at radius 1 is 1.12 bits per heavy atom. The van der Waals surface area contributed by atoms with E-state index in [2.05, 4.69) is 5.32 Å². The van der Waals surface area contributed by atoms with Crippen LogP contribution in [0.15, 0.2) is 42.5 Å². The molecule has 0 heterocycles. The summed E-state index contributed by atoms with van der Waals surface area (Å²) >= 11 is 5.87. The van der Waals surface area contributed by atoms with E-state index in [-0.39, 0.29) is 18.3 Å². The van der Waals surface area contributed by atoms with Gasteiger partial charge in [0, 0.05) is 17.1 Å². The van der Waals surface area contributed by atoms with Gasteiger partial charge in [-0.1, -0.05) is 29.8 Å². The minimum absolute atomic E-state index is 0.179. The van der Waals surface area contributed by atoms with Crippen molar-refractivity contribution in [2.75, 3.05) is 13.7 Å². The van der Waals surface area contributed by atoms with Crippen molar-refractivity contribution in [1.82, 2.24) is 5.32 Å². The molecule has 0 radical (unpaired) electrons. The summed E-state index contributed by atoms with van der Waals surface area (Å²) in [6.45, 7) is 1.55. The Bertz CT molecular complexity index is 746. The summed E-state index contributed by atoms with van der Waals surface area (Å²) in [5.74, 6) is 0.557. The molecule has 0 fully saturated rings. The number of halogens is 1. The lowest BCUT2D eigenvalue weighted by Gasteiger charge is -2.12. The van der Waals surface area contributed by atoms with E-state index in [1.54, 1.807) is 19.2 Å². The normalized spacial score (nSPS) is 10.1. The highest BCUT2D eigenvalue weighted by Gasteiger charge is 2.11. The number of para-hydroxylation sites is 1. The minimum Gasteiger partial charge on any atom is -0.496 e. The molecule has 2 rings (SSSR count). The molecule has 1 amide bonds. The summed E-state index contributed by atoms with van der Waals surface area (Å²) in [5, 5.41) is 3.19. The van der Waals surface area contributed by atoms with Crippen molar-refractivity contribution >= 4 is 23.3 Å². The lowest BCUT2D eigenvalue weighted by molar-refractivity contribution is -0.123. The highest BCUT2D eigenvalue weighted by Crippen LogP contribution is 2.23. The monoisotopic (exact) mass is 347 g/mol. The number of benzene rings is 2. The Morgan fingerprint density at radius 3 is 2.58 bits per heavy atom. The first kappa shape index (κ1) is 17.8. The molecule has 2 aromatic carbocycles. The Balaban J connectivity index is 1.93. The van der Waals surface area contributed by atoms with Gasteiger partial charge in [0.2, 0.25) is 0 Å². The number of Topliss-reactive ketones (excluding diaryl/α,β-unsaturated/α-hetero) is 1. The van der Waals surface area contributed by atoms with Gasteiger partial charge in [0.25, 0.3) is 5.91 Å². The number of amides is 1. The number of rotatable bonds is 7. The zero-order valence-electron chi connectivity index (χ0n) is 13.5. The van der Waals surface area contributed by atoms with E-state index >= 15 is 0 Å². The van der Waals surface area contributed by atoms with Crippen LogP contribution in [-0.2, 0) is 11.3 Å². The predicted octanol–water partition coefficient (Wildman–Crippen LogP) is 3.25. The Kier molecular flexibility index (Phi) is 6.21. The van der Waals surface area contributed by atoms with Crippen molar-refractivity contribution in [2.24, 2.45) is 0 Å². The summed E-state index contributed by atoms with van der Waals surface area (Å²) < 4.78 is 10.7. The smallest absolute Gasteiger partial charge is 0.258 e. The third-order valence-corrected chi connectivity index (χ3v) is 3.58. The molecule has 0 saturated carbocycles. The van der Waals surface area contributed by atoms with Crippen molar-refractivity contribution in [3.05, 3.63) is 58.6 Å². The van der Waals surface area contributed by atoms with Crippen molar-refractivity contribution in [3.63, 3.8) is 0 Å². The zero-order valence-corrected chi connectivity index (χ0v) is 14.2. The molecule has 0 aliphatic rings. The van der Waals surface area contributed by atoms with E-state index in [1.165, 1.54) is 13.0 Å². The molecular formula is C18H18ClNO4. The average Bonchev–Trinajstić information content (AvgIpc) is 2.58. The van der Waals surface area contributed by atoms with Gasteiger partial charge in [0.15, 0.2) is 12.4 Å². The number of ether oxygens (including phenoxy) is 2. The zero-order chi connectivity index (χ0) is 17.5. The number of hydrogen-bond donors (Lipinski definition) is 1. The molecule has 126 valence electrons. The number of carbonyl (C=O) groups is 2. The van der Waals surface area contributed by atoms with Gasteiger partial charge in [-0.05, 0) is 31.2 Å². The van der Waals surface area contributed by atoms with E-state index in [9.17, 15) is 9.59 Å². The molecule has 24 heavy (non-hydrogen) atoms. The molecule has 0 aliphatic heterocycles. The fraction of sp³-hybridized carbons (Fsp3) is 0.222. The first-order valence-corrected chi connectivity index (χ1v) is 7.71. The van der Waals surface area contributed by atoms with Crippen molar-refractivity contribution in [1.29, 1.82) is 0 Å². The van der Waals surface area contributed by atoms with Crippen LogP contribution in [0.3, 0.4) is 0 Å². The van der Waals surface area contributed by atoms with Crippen LogP contribution in [-0.4, -0.2) is 25.4 Å². The first-order chi connectivity index (χ1) is 11.5. The Hall–Kier alpha value is -2.53. The molecule has 1 N–H and O–H groups in total. The van der Waals surface area contributed by atoms with Gasteiger partial charge in [-0.3, -0.25) is 9.59 Å². The van der Waals surface area contributed by atoms with E-state index in [0.29, 0.717) is 28.6 Å². The SMILES string of the molecule is COc1ccccc1CNC(=O)COc1ccc(Cl)cc1C(C)=O. The third-order valence-electron chi connectivity index (χ3n) is 3.35. The standard InChI is InChI=1S/C18H18ClNO4/c1-12(21)15-9-14(19)7-8-17(15)24-11-18(22)20-10-13-5-3-4-6-16(13)23-2/h3-9H,10-11H2,1-2H3,(H,20,22). The number of hydrogen-bond acceptors (Lipinski definition) is 4. The van der Waals surface area contributed by atoms with E-state index in [1.807, 2.05) is 24.3 Å². The summed E-state index contributed by atoms with van der Waals surface area (Å²) in [4.78, 5) is 23.5. The van der Waals surface area contributed by atoms with Crippen LogP contribution in [0.5, 0.6) is 11.5 Å². The predicted molar refractivity (Wildman–Crippen MR) is 91.8 cm³/mol. The maximum absolute atomic E-state index is 11.9. The minimum atomic E-state index is -0.301. The second-order valence-electron chi connectivity index (χ2n) is 5.07. The van der Waals surface area contributed by atoms with Crippen LogP contribution in [0.25, 0.3) is 0 Å². The number of methoxy groups -OCH3 is 1. The number of ketones is 1. The molecule has 0 saturated heterocycles. The summed E-state index contributed by atoms with van der Waals surface area (Å²) in [5.41, 5.74) is 1.21. The summed E-state index contributed by atoms with van der Waals surface area (Å²) in [7, 11) is 1.58. The second-order valence-corrected chi connectivity index (χ2v) is 5.51. The van der Waals surface area contributed by atoms with E-state index in [4.69, 9.17) is 21.1 Å².